The Hall–Kier alpha value is -2.57. The van der Waals surface area contributed by atoms with E-state index in [1.807, 2.05) is 6.08 Å². The van der Waals surface area contributed by atoms with E-state index in [0.29, 0.717) is 12.3 Å². The van der Waals surface area contributed by atoms with Crippen molar-refractivity contribution < 1.29 is 9.72 Å². The standard InChI is InChI=1S/C10H6N4O3/c15-7-4-8(14(16)17)13-5-6-2-1-3-11-9(6)12-10(7)13/h1,3-5H,2H2. The monoisotopic (exact) mass is 230 g/mol. The highest BCUT2D eigenvalue weighted by molar-refractivity contribution is 6.47. The average molecular weight is 230 g/mol. The van der Waals surface area contributed by atoms with Crippen LogP contribution in [0.4, 0.5) is 0 Å². The molecule has 0 aromatic rings. The summed E-state index contributed by atoms with van der Waals surface area (Å²) in [6.07, 6.45) is 6.55. The minimum atomic E-state index is -0.599. The Morgan fingerprint density at radius 3 is 3.06 bits per heavy atom. The van der Waals surface area contributed by atoms with Crippen LogP contribution in [0.2, 0.25) is 0 Å². The lowest BCUT2D eigenvalue weighted by Crippen LogP contribution is -2.32. The van der Waals surface area contributed by atoms with Crippen molar-refractivity contribution in [2.45, 2.75) is 6.42 Å². The van der Waals surface area contributed by atoms with Crippen LogP contribution in [0, 0.1) is 10.1 Å². The van der Waals surface area contributed by atoms with Gasteiger partial charge < -0.3 is 10.1 Å². The van der Waals surface area contributed by atoms with Gasteiger partial charge in [-0.3, -0.25) is 4.79 Å². The molecule has 84 valence electrons. The number of hydrogen-bond donors (Lipinski definition) is 0. The summed E-state index contributed by atoms with van der Waals surface area (Å²) < 4.78 is 0. The van der Waals surface area contributed by atoms with E-state index in [1.54, 1.807) is 12.4 Å². The molecule has 3 aliphatic heterocycles. The van der Waals surface area contributed by atoms with Crippen LogP contribution in [0.15, 0.2) is 45.9 Å². The summed E-state index contributed by atoms with van der Waals surface area (Å²) in [5, 5.41) is 10.8. The number of carbonyl (C=O) groups is 1. The molecule has 0 atom stereocenters. The molecule has 0 amide bonds. The van der Waals surface area contributed by atoms with Crippen LogP contribution in [0.5, 0.6) is 0 Å². The number of nitrogens with zero attached hydrogens (tertiary/aromatic N) is 4. The van der Waals surface area contributed by atoms with Crippen molar-refractivity contribution in [2.75, 3.05) is 0 Å². The van der Waals surface area contributed by atoms with Gasteiger partial charge in [-0.1, -0.05) is 6.08 Å². The second-order valence-electron chi connectivity index (χ2n) is 3.63. The molecule has 0 fully saturated rings. The van der Waals surface area contributed by atoms with Gasteiger partial charge in [-0.25, -0.2) is 4.99 Å². The van der Waals surface area contributed by atoms with Crippen molar-refractivity contribution in [3.05, 3.63) is 46.1 Å². The molecule has 3 heterocycles. The fraction of sp³-hybridized carbons (Fsp3) is 0.100. The number of hydrogen-bond acceptors (Lipinski definition) is 6. The van der Waals surface area contributed by atoms with Gasteiger partial charge in [0.15, 0.2) is 5.84 Å². The predicted molar refractivity (Wildman–Crippen MR) is 58.6 cm³/mol. The molecule has 0 aliphatic carbocycles. The number of aliphatic imine (C=N–C) groups is 2. The fourth-order valence-electron chi connectivity index (χ4n) is 1.80. The Balaban J connectivity index is 2.10. The van der Waals surface area contributed by atoms with Gasteiger partial charge in [-0.05, 0) is 11.3 Å². The minimum Gasteiger partial charge on any atom is -0.358 e. The zero-order chi connectivity index (χ0) is 12.0. The number of rotatable bonds is 1. The number of nitro groups is 1. The molecule has 3 aliphatic rings. The van der Waals surface area contributed by atoms with E-state index >= 15 is 0 Å². The van der Waals surface area contributed by atoms with Crippen LogP contribution in [-0.2, 0) is 4.79 Å². The maximum Gasteiger partial charge on any atom is 0.333 e. The third-order valence-electron chi connectivity index (χ3n) is 2.57. The van der Waals surface area contributed by atoms with Crippen LogP contribution in [0.1, 0.15) is 6.42 Å². The zero-order valence-corrected chi connectivity index (χ0v) is 8.53. The number of amidine groups is 2. The highest BCUT2D eigenvalue weighted by Crippen LogP contribution is 2.25. The maximum absolute atomic E-state index is 11.5. The van der Waals surface area contributed by atoms with Crippen molar-refractivity contribution in [2.24, 2.45) is 9.98 Å². The highest BCUT2D eigenvalue weighted by atomic mass is 16.6. The highest BCUT2D eigenvalue weighted by Gasteiger charge is 2.41. The van der Waals surface area contributed by atoms with Gasteiger partial charge in [0.25, 0.3) is 11.6 Å². The lowest BCUT2D eigenvalue weighted by atomic mass is 10.1. The van der Waals surface area contributed by atoms with Gasteiger partial charge in [-0.15, -0.1) is 0 Å². The first-order valence-electron chi connectivity index (χ1n) is 4.89. The second kappa shape index (κ2) is 3.21. The molecule has 7 heteroatoms. The third-order valence-corrected chi connectivity index (χ3v) is 2.57. The minimum absolute atomic E-state index is 0.0366. The predicted octanol–water partition coefficient (Wildman–Crippen LogP) is 0.601. The topological polar surface area (TPSA) is 88.2 Å². The van der Waals surface area contributed by atoms with Crippen LogP contribution >= 0.6 is 0 Å². The number of carbonyl (C=O) groups excluding carboxylic acids is 1. The molecule has 3 rings (SSSR count). The van der Waals surface area contributed by atoms with Gasteiger partial charge >= 0.3 is 5.82 Å². The molecule has 0 aromatic heterocycles. The molecule has 0 aromatic carbocycles. The zero-order valence-electron chi connectivity index (χ0n) is 8.53. The SMILES string of the molecule is O=C1C=C([N+](=O)[O-])N2C=C3CC=CN=C3N=C12. The number of ketones is 1. The van der Waals surface area contributed by atoms with Crippen LogP contribution in [0.25, 0.3) is 0 Å². The molecule has 0 bridgehead atoms. The van der Waals surface area contributed by atoms with E-state index in [9.17, 15) is 14.9 Å². The Labute approximate surface area is 95.3 Å². The Morgan fingerprint density at radius 2 is 2.29 bits per heavy atom. The smallest absolute Gasteiger partial charge is 0.333 e. The third kappa shape index (κ3) is 1.32. The lowest BCUT2D eigenvalue weighted by Gasteiger charge is -2.17. The largest absolute Gasteiger partial charge is 0.358 e. The van der Waals surface area contributed by atoms with Crippen LogP contribution < -0.4 is 0 Å². The van der Waals surface area contributed by atoms with Gasteiger partial charge in [0.05, 0.1) is 6.08 Å². The molecule has 0 radical (unpaired) electrons. The van der Waals surface area contributed by atoms with E-state index < -0.39 is 10.7 Å². The molecule has 0 N–H and O–H groups in total. The van der Waals surface area contributed by atoms with Gasteiger partial charge in [0.2, 0.25) is 0 Å². The molecule has 0 saturated heterocycles. The molecular weight excluding hydrogens is 224 g/mol. The molecule has 0 unspecified atom stereocenters. The summed E-state index contributed by atoms with van der Waals surface area (Å²) in [5.74, 6) is -0.251. The van der Waals surface area contributed by atoms with Crippen molar-refractivity contribution in [1.29, 1.82) is 0 Å². The van der Waals surface area contributed by atoms with E-state index in [-0.39, 0.29) is 11.7 Å². The van der Waals surface area contributed by atoms with Crippen molar-refractivity contribution in [1.82, 2.24) is 4.90 Å². The summed E-state index contributed by atoms with van der Waals surface area (Å²) in [6.45, 7) is 0. The first-order valence-corrected chi connectivity index (χ1v) is 4.89. The Morgan fingerprint density at radius 1 is 1.47 bits per heavy atom. The molecule has 0 spiro atoms. The summed E-state index contributed by atoms with van der Waals surface area (Å²) in [4.78, 5) is 31.0. The Bertz CT molecular complexity index is 595. The molecular formula is C10H6N4O3. The average Bonchev–Trinajstić information content (AvgIpc) is 2.64. The second-order valence-corrected chi connectivity index (χ2v) is 3.63. The normalized spacial score (nSPS) is 21.2. The number of allylic oxidation sites excluding steroid dienone is 1. The lowest BCUT2D eigenvalue weighted by molar-refractivity contribution is -0.438. The summed E-state index contributed by atoms with van der Waals surface area (Å²) in [7, 11) is 0. The van der Waals surface area contributed by atoms with E-state index in [2.05, 4.69) is 9.98 Å². The Kier molecular flexibility index (Phi) is 1.82. The first kappa shape index (κ1) is 9.64. The van der Waals surface area contributed by atoms with Gasteiger partial charge in [0.1, 0.15) is 6.20 Å². The summed E-state index contributed by atoms with van der Waals surface area (Å²) in [5.41, 5.74) is 0.763. The van der Waals surface area contributed by atoms with Gasteiger partial charge in [0, 0.05) is 11.8 Å². The molecule has 0 saturated carbocycles. The fourth-order valence-corrected chi connectivity index (χ4v) is 1.80. The molecule has 7 nitrogen and oxygen atoms in total. The quantitative estimate of drug-likeness (QED) is 0.487. The first-order chi connectivity index (χ1) is 8.16. The van der Waals surface area contributed by atoms with Crippen LogP contribution in [-0.4, -0.2) is 27.3 Å². The van der Waals surface area contributed by atoms with Crippen molar-refractivity contribution in [3.8, 4) is 0 Å². The van der Waals surface area contributed by atoms with E-state index in [0.717, 1.165) is 11.6 Å². The molecule has 17 heavy (non-hydrogen) atoms. The van der Waals surface area contributed by atoms with Crippen molar-refractivity contribution >= 4 is 17.5 Å². The summed E-state index contributed by atoms with van der Waals surface area (Å²) in [6, 6.07) is 0. The van der Waals surface area contributed by atoms with Gasteiger partial charge in [-0.2, -0.15) is 9.89 Å². The summed E-state index contributed by atoms with van der Waals surface area (Å²) >= 11 is 0. The van der Waals surface area contributed by atoms with Crippen LogP contribution in [0.3, 0.4) is 0 Å². The van der Waals surface area contributed by atoms with E-state index in [1.165, 1.54) is 4.90 Å². The van der Waals surface area contributed by atoms with Crippen molar-refractivity contribution in [3.63, 3.8) is 0 Å². The maximum atomic E-state index is 11.5. The van der Waals surface area contributed by atoms with E-state index in [4.69, 9.17) is 0 Å². The number of fused-ring (bicyclic) bond motifs is 2.